The van der Waals surface area contributed by atoms with Gasteiger partial charge in [0.1, 0.15) is 0 Å². The van der Waals surface area contributed by atoms with Crippen LogP contribution in [0.4, 0.5) is 0 Å². The standard InChI is InChI=1S/C28H26P.2ClH.Pd/c1-5-13-23(14-6-1)27(24-15-7-2-8-16-24)21-29-22-28(25-17-9-3-10-18-25)26-19-11-4-12-20-26;;;/h1-20,27-28H,21-22H2;2*1H;/q-1;;;+3/p-2. The van der Waals surface area contributed by atoms with Crippen molar-refractivity contribution in [1.82, 2.24) is 0 Å². The van der Waals surface area contributed by atoms with E-state index in [2.05, 4.69) is 121 Å². The molecule has 0 bridgehead atoms. The minimum absolute atomic E-state index is 0.303. The normalized spacial score (nSPS) is 11.8. The summed E-state index contributed by atoms with van der Waals surface area (Å²) in [5.41, 5.74) is 5.34. The fourth-order valence-corrected chi connectivity index (χ4v) is 12.1. The van der Waals surface area contributed by atoms with E-state index in [1.807, 2.05) is 0 Å². The van der Waals surface area contributed by atoms with Gasteiger partial charge >= 0.3 is 207 Å². The molecule has 0 saturated carbocycles. The van der Waals surface area contributed by atoms with E-state index in [9.17, 15) is 0 Å². The van der Waals surface area contributed by atoms with Crippen molar-refractivity contribution in [2.45, 2.75) is 11.8 Å². The van der Waals surface area contributed by atoms with Crippen molar-refractivity contribution in [3.63, 3.8) is 0 Å². The van der Waals surface area contributed by atoms with E-state index in [4.69, 9.17) is 19.1 Å². The van der Waals surface area contributed by atoms with Gasteiger partial charge in [-0.25, -0.2) is 0 Å². The third kappa shape index (κ3) is 6.32. The van der Waals surface area contributed by atoms with Crippen LogP contribution in [0.2, 0.25) is 0 Å². The number of benzene rings is 4. The summed E-state index contributed by atoms with van der Waals surface area (Å²) < 4.78 is 0. The van der Waals surface area contributed by atoms with Crippen LogP contribution in [0, 0.1) is 0 Å². The molecule has 0 atom stereocenters. The van der Waals surface area contributed by atoms with Crippen molar-refractivity contribution < 1.29 is 14.2 Å². The van der Waals surface area contributed by atoms with Crippen molar-refractivity contribution in [1.29, 1.82) is 0 Å². The van der Waals surface area contributed by atoms with Gasteiger partial charge in [-0.05, 0) is 0 Å². The van der Waals surface area contributed by atoms with Crippen LogP contribution in [0.25, 0.3) is 0 Å². The molecule has 0 aliphatic carbocycles. The Kier molecular flexibility index (Phi) is 8.99. The van der Waals surface area contributed by atoms with Gasteiger partial charge < -0.3 is 0 Å². The summed E-state index contributed by atoms with van der Waals surface area (Å²) in [4.78, 5) is 0. The molecule has 32 heavy (non-hydrogen) atoms. The van der Waals surface area contributed by atoms with Crippen molar-refractivity contribution >= 4 is 25.2 Å². The van der Waals surface area contributed by atoms with E-state index in [0.29, 0.717) is 11.8 Å². The summed E-state index contributed by atoms with van der Waals surface area (Å²) in [7, 11) is 13.6. The zero-order valence-corrected chi connectivity index (χ0v) is 21.6. The van der Waals surface area contributed by atoms with Gasteiger partial charge in [0.15, 0.2) is 0 Å². The zero-order valence-electron chi connectivity index (χ0n) is 17.6. The summed E-state index contributed by atoms with van der Waals surface area (Å²) in [5.74, 6) is 0.606. The molecule has 0 heterocycles. The molecule has 4 rings (SSSR count). The van der Waals surface area contributed by atoms with E-state index in [1.165, 1.54) is 22.3 Å². The van der Waals surface area contributed by atoms with Crippen molar-refractivity contribution in [2.24, 2.45) is 0 Å². The second-order valence-corrected chi connectivity index (χ2v) is 20.2. The molecule has 167 valence electrons. The van der Waals surface area contributed by atoms with Gasteiger partial charge in [0, 0.05) is 0 Å². The summed E-state index contributed by atoms with van der Waals surface area (Å²) >= 11 is -1.64. The molecule has 4 aromatic rings. The molecule has 0 radical (unpaired) electrons. The first-order valence-corrected chi connectivity index (χ1v) is 18.3. The summed E-state index contributed by atoms with van der Waals surface area (Å²) in [6.45, 7) is 0. The third-order valence-corrected chi connectivity index (χ3v) is 16.8. The molecule has 0 aliphatic heterocycles. The predicted octanol–water partition coefficient (Wildman–Crippen LogP) is 8.97. The van der Waals surface area contributed by atoms with Gasteiger partial charge in [-0.1, -0.05) is 0 Å². The molecule has 0 nitrogen and oxygen atoms in total. The number of hydrogen-bond acceptors (Lipinski definition) is 0. The zero-order chi connectivity index (χ0) is 22.2. The Balaban J connectivity index is 1.67. The maximum absolute atomic E-state index is 6.79. The van der Waals surface area contributed by atoms with E-state index >= 15 is 0 Å². The Morgan fingerprint density at radius 3 is 0.938 bits per heavy atom. The van der Waals surface area contributed by atoms with Crippen molar-refractivity contribution in [2.75, 3.05) is 12.3 Å². The van der Waals surface area contributed by atoms with Crippen molar-refractivity contribution in [3.05, 3.63) is 144 Å². The summed E-state index contributed by atoms with van der Waals surface area (Å²) in [6, 6.07) is 43.1. The SMILES string of the molecule is [Cl][Pd]([Cl])[P](CC(c1ccccc1)c1ccccc1)CC(c1ccccc1)c1ccccc1. The van der Waals surface area contributed by atoms with Gasteiger partial charge in [-0.15, -0.1) is 0 Å². The molecule has 0 fully saturated rings. The average Bonchev–Trinajstić information content (AvgIpc) is 2.86. The van der Waals surface area contributed by atoms with Gasteiger partial charge in [-0.2, -0.15) is 0 Å². The van der Waals surface area contributed by atoms with E-state index < -0.39 is 20.3 Å². The molecule has 0 aromatic heterocycles. The fourth-order valence-electron chi connectivity index (χ4n) is 4.08. The van der Waals surface area contributed by atoms with Crippen LogP contribution in [-0.2, 0) is 14.2 Å². The first-order chi connectivity index (χ1) is 15.7. The number of rotatable bonds is 9. The van der Waals surface area contributed by atoms with Crippen LogP contribution < -0.4 is 0 Å². The monoisotopic (exact) mass is 569 g/mol. The molecule has 0 N–H and O–H groups in total. The molecule has 4 heteroatoms. The first-order valence-electron chi connectivity index (χ1n) is 10.6. The van der Waals surface area contributed by atoms with Crippen LogP contribution in [0.1, 0.15) is 34.1 Å². The van der Waals surface area contributed by atoms with Crippen molar-refractivity contribution in [3.8, 4) is 0 Å². The van der Waals surface area contributed by atoms with E-state index in [-0.39, 0.29) is 0 Å². The van der Waals surface area contributed by atoms with Crippen LogP contribution >= 0.6 is 25.2 Å². The van der Waals surface area contributed by atoms with Crippen LogP contribution in [0.15, 0.2) is 121 Å². The summed E-state index contributed by atoms with van der Waals surface area (Å²) in [6.07, 6.45) is 1.47. The maximum atomic E-state index is 6.79. The van der Waals surface area contributed by atoms with Gasteiger partial charge in [0.2, 0.25) is 0 Å². The second kappa shape index (κ2) is 12.1. The molecule has 0 spiro atoms. The molecule has 4 aromatic carbocycles. The van der Waals surface area contributed by atoms with Crippen LogP contribution in [-0.4, -0.2) is 12.3 Å². The molecule has 0 aliphatic rings. The van der Waals surface area contributed by atoms with E-state index in [0.717, 1.165) is 12.3 Å². The Labute approximate surface area is 206 Å². The fraction of sp³-hybridized carbons (Fsp3) is 0.143. The second-order valence-electron chi connectivity index (χ2n) is 7.69. The Bertz CT molecular complexity index is 896. The van der Waals surface area contributed by atoms with E-state index in [1.54, 1.807) is 0 Å². The quantitative estimate of drug-likeness (QED) is 0.139. The Morgan fingerprint density at radius 1 is 0.469 bits per heavy atom. The van der Waals surface area contributed by atoms with Gasteiger partial charge in [0.25, 0.3) is 0 Å². The van der Waals surface area contributed by atoms with Crippen LogP contribution in [0.5, 0.6) is 0 Å². The average molecular weight is 571 g/mol. The molecule has 0 amide bonds. The van der Waals surface area contributed by atoms with Gasteiger partial charge in [0.05, 0.1) is 0 Å². The Morgan fingerprint density at radius 2 is 0.719 bits per heavy atom. The predicted molar refractivity (Wildman–Crippen MR) is 138 cm³/mol. The Hall–Kier alpha value is -1.45. The number of hydrogen-bond donors (Lipinski definition) is 0. The summed E-state index contributed by atoms with van der Waals surface area (Å²) in [5, 5.41) is 0. The van der Waals surface area contributed by atoms with Crippen LogP contribution in [0.3, 0.4) is 0 Å². The number of halogens is 2. The molecule has 0 unspecified atom stereocenters. The molecular weight excluding hydrogens is 545 g/mol. The molecular formula is C28H26Cl2PPd. The topological polar surface area (TPSA) is 0 Å². The van der Waals surface area contributed by atoms with Gasteiger partial charge in [-0.3, -0.25) is 0 Å². The first kappa shape index (κ1) is 23.7. The molecule has 0 saturated heterocycles. The minimum atomic E-state index is -1.64. The third-order valence-electron chi connectivity index (χ3n) is 5.70.